The van der Waals surface area contributed by atoms with Gasteiger partial charge in [0, 0.05) is 19.0 Å². The van der Waals surface area contributed by atoms with Gasteiger partial charge >= 0.3 is 5.97 Å². The molecule has 1 heterocycles. The van der Waals surface area contributed by atoms with Crippen molar-refractivity contribution in [2.45, 2.75) is 30.6 Å². The van der Waals surface area contributed by atoms with E-state index >= 15 is 0 Å². The number of hydrogen-bond acceptors (Lipinski definition) is 2. The van der Waals surface area contributed by atoms with Crippen molar-refractivity contribution < 1.29 is 23.5 Å². The number of likely N-dealkylation sites (tertiary alicyclic amines) is 1. The second-order valence-corrected chi connectivity index (χ2v) is 7.67. The second kappa shape index (κ2) is 7.00. The van der Waals surface area contributed by atoms with E-state index in [0.717, 1.165) is 11.6 Å². The summed E-state index contributed by atoms with van der Waals surface area (Å²) in [7, 11) is 0. The Morgan fingerprint density at radius 2 is 1.68 bits per heavy atom. The van der Waals surface area contributed by atoms with E-state index in [9.17, 15) is 23.5 Å². The molecular weight excluding hydrogens is 364 g/mol. The first-order chi connectivity index (χ1) is 13.4. The number of carbonyl (C=O) groups excluding carboxylic acids is 1. The van der Waals surface area contributed by atoms with Gasteiger partial charge in [0.15, 0.2) is 11.6 Å². The lowest BCUT2D eigenvalue weighted by Crippen LogP contribution is -2.49. The average Bonchev–Trinajstić information content (AvgIpc) is 3.50. The third-order valence-corrected chi connectivity index (χ3v) is 6.15. The molecule has 2 atom stereocenters. The van der Waals surface area contributed by atoms with Crippen LogP contribution in [0.15, 0.2) is 48.5 Å². The van der Waals surface area contributed by atoms with Gasteiger partial charge in [-0.15, -0.1) is 0 Å². The van der Waals surface area contributed by atoms with E-state index in [1.54, 1.807) is 4.90 Å². The fourth-order valence-corrected chi connectivity index (χ4v) is 4.35. The molecule has 2 aromatic carbocycles. The van der Waals surface area contributed by atoms with E-state index in [1.807, 2.05) is 30.3 Å². The Hall–Kier alpha value is -2.76. The highest BCUT2D eigenvalue weighted by Crippen LogP contribution is 2.50. The molecule has 1 aliphatic carbocycles. The second-order valence-electron chi connectivity index (χ2n) is 7.67. The molecule has 0 radical (unpaired) electrons. The molecule has 1 aliphatic heterocycles. The fraction of sp³-hybridized carbons (Fsp3) is 0.364. The molecule has 4 nitrogen and oxygen atoms in total. The smallest absolute Gasteiger partial charge is 0.314 e. The summed E-state index contributed by atoms with van der Waals surface area (Å²) in [6.45, 7) is 0.684. The molecular formula is C22H21F2NO3. The molecule has 1 N–H and O–H groups in total. The number of carboxylic acid groups (broad SMARTS) is 1. The van der Waals surface area contributed by atoms with Crippen LogP contribution in [0.25, 0.3) is 0 Å². The minimum Gasteiger partial charge on any atom is -0.481 e. The van der Waals surface area contributed by atoms with Crippen LogP contribution in [0.5, 0.6) is 0 Å². The topological polar surface area (TPSA) is 57.6 Å². The Bertz CT molecular complexity index is 907. The van der Waals surface area contributed by atoms with Gasteiger partial charge in [0.25, 0.3) is 0 Å². The van der Waals surface area contributed by atoms with E-state index in [2.05, 4.69) is 0 Å². The van der Waals surface area contributed by atoms with E-state index in [1.165, 1.54) is 12.1 Å². The first kappa shape index (κ1) is 18.6. The Labute approximate surface area is 161 Å². The Balaban J connectivity index is 1.45. The number of halogens is 2. The van der Waals surface area contributed by atoms with Crippen LogP contribution in [0.3, 0.4) is 0 Å². The van der Waals surface area contributed by atoms with Gasteiger partial charge in [0.2, 0.25) is 5.91 Å². The lowest BCUT2D eigenvalue weighted by atomic mass is 9.73. The van der Waals surface area contributed by atoms with E-state index in [0.29, 0.717) is 32.4 Å². The summed E-state index contributed by atoms with van der Waals surface area (Å²) in [4.78, 5) is 26.5. The molecule has 146 valence electrons. The third kappa shape index (κ3) is 3.07. The van der Waals surface area contributed by atoms with Crippen molar-refractivity contribution in [1.29, 1.82) is 0 Å². The fourth-order valence-electron chi connectivity index (χ4n) is 4.35. The predicted molar refractivity (Wildman–Crippen MR) is 98.8 cm³/mol. The zero-order valence-electron chi connectivity index (χ0n) is 15.3. The molecule has 2 aliphatic rings. The largest absolute Gasteiger partial charge is 0.481 e. The molecule has 6 heteroatoms. The maximum absolute atomic E-state index is 14.0. The van der Waals surface area contributed by atoms with Gasteiger partial charge in [-0.3, -0.25) is 9.59 Å². The minimum atomic E-state index is -0.990. The van der Waals surface area contributed by atoms with Crippen molar-refractivity contribution in [3.05, 3.63) is 71.3 Å². The molecule has 0 spiro atoms. The molecule has 0 unspecified atom stereocenters. The highest BCUT2D eigenvalue weighted by atomic mass is 19.2. The van der Waals surface area contributed by atoms with E-state index < -0.39 is 23.0 Å². The summed E-state index contributed by atoms with van der Waals surface area (Å²) >= 11 is 0. The van der Waals surface area contributed by atoms with Crippen LogP contribution < -0.4 is 0 Å². The first-order valence-corrected chi connectivity index (χ1v) is 9.45. The van der Waals surface area contributed by atoms with Gasteiger partial charge in [-0.1, -0.05) is 42.5 Å². The number of amides is 1. The molecule has 2 aromatic rings. The monoisotopic (exact) mass is 385 g/mol. The van der Waals surface area contributed by atoms with Crippen molar-refractivity contribution in [3.63, 3.8) is 0 Å². The van der Waals surface area contributed by atoms with Gasteiger partial charge in [-0.05, 0) is 42.4 Å². The van der Waals surface area contributed by atoms with Crippen LogP contribution in [0.1, 0.15) is 36.3 Å². The quantitative estimate of drug-likeness (QED) is 0.873. The van der Waals surface area contributed by atoms with E-state index in [4.69, 9.17) is 0 Å². The number of carbonyl (C=O) groups is 2. The summed E-state index contributed by atoms with van der Waals surface area (Å²) in [5.41, 5.74) is 0.00982. The van der Waals surface area contributed by atoms with Crippen molar-refractivity contribution in [1.82, 2.24) is 4.90 Å². The molecule has 0 bridgehead atoms. The molecule has 0 aromatic heterocycles. The maximum atomic E-state index is 14.0. The van der Waals surface area contributed by atoms with Gasteiger partial charge in [0.1, 0.15) is 0 Å². The number of nitrogens with zero attached hydrogens (tertiary/aromatic N) is 1. The standard InChI is InChI=1S/C22H21F2NO3/c23-18-8-4-7-15(19(18)24)16-13-17(16)20(26)25-11-9-22(10-12-25,21(27)28)14-5-2-1-3-6-14/h1-8,16-17H,9-13H2,(H,27,28)/t16-,17-/m0/s1. The number of piperidine rings is 1. The third-order valence-electron chi connectivity index (χ3n) is 6.15. The molecule has 28 heavy (non-hydrogen) atoms. The lowest BCUT2D eigenvalue weighted by Gasteiger charge is -2.39. The van der Waals surface area contributed by atoms with Crippen molar-refractivity contribution in [3.8, 4) is 0 Å². The number of aliphatic carboxylic acids is 1. The summed E-state index contributed by atoms with van der Waals surface area (Å²) < 4.78 is 27.4. The zero-order chi connectivity index (χ0) is 19.9. The highest BCUT2D eigenvalue weighted by molar-refractivity contribution is 5.85. The molecule has 1 saturated heterocycles. The Morgan fingerprint density at radius 3 is 2.32 bits per heavy atom. The number of carboxylic acids is 1. The summed E-state index contributed by atoms with van der Waals surface area (Å²) in [5, 5.41) is 9.86. The lowest BCUT2D eigenvalue weighted by molar-refractivity contribution is -0.148. The van der Waals surface area contributed by atoms with Crippen molar-refractivity contribution >= 4 is 11.9 Å². The molecule has 4 rings (SSSR count). The SMILES string of the molecule is O=C([C@H]1C[C@H]1c1cccc(F)c1F)N1CCC(C(=O)O)(c2ccccc2)CC1. The van der Waals surface area contributed by atoms with E-state index in [-0.39, 0.29) is 23.3 Å². The number of rotatable bonds is 4. The van der Waals surface area contributed by atoms with Gasteiger partial charge in [-0.25, -0.2) is 8.78 Å². The normalized spacial score (nSPS) is 23.3. The Morgan fingerprint density at radius 1 is 1.00 bits per heavy atom. The van der Waals surface area contributed by atoms with Crippen LogP contribution in [-0.4, -0.2) is 35.0 Å². The van der Waals surface area contributed by atoms with Crippen LogP contribution in [0.2, 0.25) is 0 Å². The summed E-state index contributed by atoms with van der Waals surface area (Å²) in [6, 6.07) is 13.2. The van der Waals surface area contributed by atoms with Gasteiger partial charge in [-0.2, -0.15) is 0 Å². The summed E-state index contributed by atoms with van der Waals surface area (Å²) in [6.07, 6.45) is 1.17. The average molecular weight is 385 g/mol. The molecule has 2 fully saturated rings. The van der Waals surface area contributed by atoms with Crippen molar-refractivity contribution in [2.24, 2.45) is 5.92 Å². The zero-order valence-corrected chi connectivity index (χ0v) is 15.3. The summed E-state index contributed by atoms with van der Waals surface area (Å²) in [5.74, 6) is -3.41. The molecule has 1 saturated carbocycles. The van der Waals surface area contributed by atoms with Crippen LogP contribution >= 0.6 is 0 Å². The highest BCUT2D eigenvalue weighted by Gasteiger charge is 2.50. The van der Waals surface area contributed by atoms with Crippen LogP contribution in [0.4, 0.5) is 8.78 Å². The van der Waals surface area contributed by atoms with Crippen LogP contribution in [0, 0.1) is 17.6 Å². The Kier molecular flexibility index (Phi) is 4.65. The number of hydrogen-bond donors (Lipinski definition) is 1. The first-order valence-electron chi connectivity index (χ1n) is 9.45. The predicted octanol–water partition coefficient (Wildman–Crippen LogP) is 3.71. The van der Waals surface area contributed by atoms with Crippen LogP contribution in [-0.2, 0) is 15.0 Å². The van der Waals surface area contributed by atoms with Gasteiger partial charge in [0.05, 0.1) is 5.41 Å². The maximum Gasteiger partial charge on any atom is 0.314 e. The minimum absolute atomic E-state index is 0.0966. The van der Waals surface area contributed by atoms with Crippen molar-refractivity contribution in [2.75, 3.05) is 13.1 Å². The number of benzene rings is 2. The van der Waals surface area contributed by atoms with Gasteiger partial charge < -0.3 is 10.0 Å². The molecule has 1 amide bonds.